The molecule has 0 atom stereocenters. The minimum Gasteiger partial charge on any atom is -0.497 e. The molecule has 8 nitrogen and oxygen atoms in total. The number of methoxy groups -OCH3 is 2. The first-order valence-electron chi connectivity index (χ1n) is 8.11. The summed E-state index contributed by atoms with van der Waals surface area (Å²) in [5.41, 5.74) is 1.35. The lowest BCUT2D eigenvalue weighted by molar-refractivity contribution is -0.117. The molecular formula is C19H18N4O4. The van der Waals surface area contributed by atoms with Crippen LogP contribution in [0, 0.1) is 0 Å². The molecular weight excluding hydrogens is 348 g/mol. The summed E-state index contributed by atoms with van der Waals surface area (Å²) in [6, 6.07) is 11.5. The Hall–Kier alpha value is -3.68. The van der Waals surface area contributed by atoms with E-state index in [1.165, 1.54) is 6.07 Å². The summed E-state index contributed by atoms with van der Waals surface area (Å²) in [6.07, 6.45) is 3.13. The van der Waals surface area contributed by atoms with Crippen molar-refractivity contribution in [3.8, 4) is 22.8 Å². The van der Waals surface area contributed by atoms with E-state index in [1.54, 1.807) is 63.0 Å². The molecule has 3 aromatic rings. The zero-order valence-corrected chi connectivity index (χ0v) is 14.9. The summed E-state index contributed by atoms with van der Waals surface area (Å²) < 4.78 is 11.7. The molecule has 138 valence electrons. The lowest BCUT2D eigenvalue weighted by atomic mass is 10.1. The number of ether oxygens (including phenoxy) is 2. The van der Waals surface area contributed by atoms with Crippen molar-refractivity contribution in [2.75, 3.05) is 19.5 Å². The predicted octanol–water partition coefficient (Wildman–Crippen LogP) is 1.96. The fourth-order valence-corrected chi connectivity index (χ4v) is 2.49. The van der Waals surface area contributed by atoms with Crippen molar-refractivity contribution in [1.29, 1.82) is 0 Å². The third-order valence-electron chi connectivity index (χ3n) is 3.81. The fraction of sp³-hybridized carbons (Fsp3) is 0.158. The molecule has 0 fully saturated rings. The number of anilines is 1. The molecule has 1 aromatic carbocycles. The van der Waals surface area contributed by atoms with E-state index >= 15 is 0 Å². The monoisotopic (exact) mass is 366 g/mol. The molecule has 0 saturated carbocycles. The number of rotatable bonds is 6. The zero-order valence-electron chi connectivity index (χ0n) is 14.9. The molecule has 1 N–H and O–H groups in total. The maximum absolute atomic E-state index is 12.2. The van der Waals surface area contributed by atoms with Crippen LogP contribution in [0.3, 0.4) is 0 Å². The summed E-state index contributed by atoms with van der Waals surface area (Å²) in [5.74, 6) is 0.834. The summed E-state index contributed by atoms with van der Waals surface area (Å²) in [5, 5.41) is 7.00. The average molecular weight is 366 g/mol. The molecule has 0 unspecified atom stereocenters. The number of carbonyl (C=O) groups is 1. The van der Waals surface area contributed by atoms with Crippen molar-refractivity contribution in [1.82, 2.24) is 14.8 Å². The SMILES string of the molecule is COc1ccc(OC)c(-c2ccc(=O)n(CC(=O)Nc3ccncc3)n2)c1. The minimum atomic E-state index is -0.384. The van der Waals surface area contributed by atoms with Crippen molar-refractivity contribution in [3.05, 3.63) is 65.2 Å². The van der Waals surface area contributed by atoms with Crippen LogP contribution in [-0.2, 0) is 11.3 Å². The maximum Gasteiger partial charge on any atom is 0.267 e. The normalized spacial score (nSPS) is 10.3. The van der Waals surface area contributed by atoms with Crippen LogP contribution in [0.4, 0.5) is 5.69 Å². The molecule has 3 rings (SSSR count). The number of hydrogen-bond acceptors (Lipinski definition) is 6. The van der Waals surface area contributed by atoms with Crippen LogP contribution < -0.4 is 20.3 Å². The Morgan fingerprint density at radius 3 is 2.56 bits per heavy atom. The average Bonchev–Trinajstić information content (AvgIpc) is 2.70. The van der Waals surface area contributed by atoms with Gasteiger partial charge in [0.1, 0.15) is 18.0 Å². The Bertz CT molecular complexity index is 1000. The molecule has 27 heavy (non-hydrogen) atoms. The Balaban J connectivity index is 1.89. The van der Waals surface area contributed by atoms with Gasteiger partial charge in [-0.3, -0.25) is 14.6 Å². The second-order valence-corrected chi connectivity index (χ2v) is 5.56. The van der Waals surface area contributed by atoms with Crippen LogP contribution in [0.1, 0.15) is 0 Å². The fourth-order valence-electron chi connectivity index (χ4n) is 2.49. The number of nitrogens with zero attached hydrogens (tertiary/aromatic N) is 3. The first-order chi connectivity index (χ1) is 13.1. The van der Waals surface area contributed by atoms with Crippen molar-refractivity contribution in [3.63, 3.8) is 0 Å². The molecule has 0 bridgehead atoms. The van der Waals surface area contributed by atoms with Gasteiger partial charge in [-0.1, -0.05) is 0 Å². The van der Waals surface area contributed by atoms with E-state index in [9.17, 15) is 9.59 Å². The van der Waals surface area contributed by atoms with Gasteiger partial charge in [0.05, 0.1) is 19.9 Å². The quantitative estimate of drug-likeness (QED) is 0.717. The molecule has 2 heterocycles. The van der Waals surface area contributed by atoms with E-state index in [1.807, 2.05) is 0 Å². The van der Waals surface area contributed by atoms with E-state index in [4.69, 9.17) is 9.47 Å². The molecule has 0 aliphatic heterocycles. The van der Waals surface area contributed by atoms with E-state index < -0.39 is 0 Å². The van der Waals surface area contributed by atoms with Gasteiger partial charge in [0, 0.05) is 29.7 Å². The Morgan fingerprint density at radius 1 is 1.07 bits per heavy atom. The van der Waals surface area contributed by atoms with Gasteiger partial charge in [-0.2, -0.15) is 5.10 Å². The van der Waals surface area contributed by atoms with Crippen LogP contribution in [0.2, 0.25) is 0 Å². The van der Waals surface area contributed by atoms with Gasteiger partial charge in [0.2, 0.25) is 5.91 Å². The van der Waals surface area contributed by atoms with Crippen LogP contribution in [-0.4, -0.2) is 34.9 Å². The van der Waals surface area contributed by atoms with Crippen LogP contribution in [0.15, 0.2) is 59.7 Å². The van der Waals surface area contributed by atoms with Gasteiger partial charge in [-0.25, -0.2) is 4.68 Å². The standard InChI is InChI=1S/C19H18N4O4/c1-26-14-3-5-17(27-2)15(11-14)16-4-6-19(25)23(22-16)12-18(24)21-13-7-9-20-10-8-13/h3-11H,12H2,1-2H3,(H,20,21,24). The molecule has 0 saturated heterocycles. The van der Waals surface area contributed by atoms with Crippen LogP contribution in [0.25, 0.3) is 11.3 Å². The van der Waals surface area contributed by atoms with E-state index in [0.29, 0.717) is 28.4 Å². The topological polar surface area (TPSA) is 95.3 Å². The highest BCUT2D eigenvalue weighted by molar-refractivity contribution is 5.90. The number of aromatic nitrogens is 3. The van der Waals surface area contributed by atoms with Crippen molar-refractivity contribution in [2.45, 2.75) is 6.54 Å². The number of pyridine rings is 1. The smallest absolute Gasteiger partial charge is 0.267 e. The highest BCUT2D eigenvalue weighted by atomic mass is 16.5. The Kier molecular flexibility index (Phi) is 5.46. The second kappa shape index (κ2) is 8.13. The highest BCUT2D eigenvalue weighted by Gasteiger charge is 2.12. The Morgan fingerprint density at radius 2 is 1.85 bits per heavy atom. The number of hydrogen-bond donors (Lipinski definition) is 1. The largest absolute Gasteiger partial charge is 0.497 e. The van der Waals surface area contributed by atoms with Gasteiger partial charge in [0.25, 0.3) is 5.56 Å². The first kappa shape index (κ1) is 18.1. The van der Waals surface area contributed by atoms with Gasteiger partial charge in [-0.15, -0.1) is 0 Å². The Labute approximate surface area is 155 Å². The third-order valence-corrected chi connectivity index (χ3v) is 3.81. The molecule has 1 amide bonds. The lowest BCUT2D eigenvalue weighted by Crippen LogP contribution is -2.29. The van der Waals surface area contributed by atoms with Gasteiger partial charge < -0.3 is 14.8 Å². The van der Waals surface area contributed by atoms with Crippen molar-refractivity contribution in [2.24, 2.45) is 0 Å². The maximum atomic E-state index is 12.2. The number of benzene rings is 1. The second-order valence-electron chi connectivity index (χ2n) is 5.56. The van der Waals surface area contributed by atoms with Crippen LogP contribution in [0.5, 0.6) is 11.5 Å². The minimum absolute atomic E-state index is 0.221. The van der Waals surface area contributed by atoms with Crippen molar-refractivity contribution >= 4 is 11.6 Å². The van der Waals surface area contributed by atoms with E-state index in [-0.39, 0.29) is 18.0 Å². The molecule has 0 radical (unpaired) electrons. The third kappa shape index (κ3) is 4.30. The van der Waals surface area contributed by atoms with Gasteiger partial charge in [-0.05, 0) is 36.4 Å². The van der Waals surface area contributed by atoms with Crippen LogP contribution >= 0.6 is 0 Å². The molecule has 8 heteroatoms. The first-order valence-corrected chi connectivity index (χ1v) is 8.11. The van der Waals surface area contributed by atoms with Gasteiger partial charge >= 0.3 is 0 Å². The predicted molar refractivity (Wildman–Crippen MR) is 99.9 cm³/mol. The molecule has 2 aromatic heterocycles. The lowest BCUT2D eigenvalue weighted by Gasteiger charge is -2.12. The van der Waals surface area contributed by atoms with Gasteiger partial charge in [0.15, 0.2) is 0 Å². The number of carbonyl (C=O) groups excluding carboxylic acids is 1. The van der Waals surface area contributed by atoms with E-state index in [0.717, 1.165) is 4.68 Å². The van der Waals surface area contributed by atoms with Crippen molar-refractivity contribution < 1.29 is 14.3 Å². The van der Waals surface area contributed by atoms with E-state index in [2.05, 4.69) is 15.4 Å². The summed E-state index contributed by atoms with van der Waals surface area (Å²) in [7, 11) is 3.10. The number of amides is 1. The zero-order chi connectivity index (χ0) is 19.2. The highest BCUT2D eigenvalue weighted by Crippen LogP contribution is 2.31. The summed E-state index contributed by atoms with van der Waals surface area (Å²) in [4.78, 5) is 28.2. The summed E-state index contributed by atoms with van der Waals surface area (Å²) >= 11 is 0. The molecule has 0 aliphatic carbocycles. The molecule has 0 spiro atoms. The summed E-state index contributed by atoms with van der Waals surface area (Å²) in [6.45, 7) is -0.221. The number of nitrogens with one attached hydrogen (secondary N) is 1. The molecule has 0 aliphatic rings.